The minimum Gasteiger partial charge on any atom is -0.423 e. The zero-order valence-electron chi connectivity index (χ0n) is 10.3. The van der Waals surface area contributed by atoms with Crippen molar-refractivity contribution in [2.75, 3.05) is 0 Å². The molecule has 0 spiro atoms. The third kappa shape index (κ3) is 4.14. The van der Waals surface area contributed by atoms with E-state index in [2.05, 4.69) is 45.2 Å². The standard InChI is InChI=1S/C13H8I2O5S/c14-11-3-1-2-10(12(11)15)13(16)20-8-4-6-9(7-5-8)21(17,18)19/h1-7H,(H,17,18,19). The van der Waals surface area contributed by atoms with Crippen LogP contribution < -0.4 is 4.74 Å². The molecule has 0 saturated carbocycles. The number of benzene rings is 2. The van der Waals surface area contributed by atoms with E-state index in [1.807, 2.05) is 6.07 Å². The second kappa shape index (κ2) is 6.58. The second-order valence-electron chi connectivity index (χ2n) is 3.94. The van der Waals surface area contributed by atoms with Crippen molar-refractivity contribution in [3.8, 4) is 5.75 Å². The van der Waals surface area contributed by atoms with Crippen molar-refractivity contribution in [1.82, 2.24) is 0 Å². The van der Waals surface area contributed by atoms with Gasteiger partial charge in [-0.2, -0.15) is 8.42 Å². The first-order valence-corrected chi connectivity index (χ1v) is 9.12. The van der Waals surface area contributed by atoms with E-state index in [-0.39, 0.29) is 10.6 Å². The van der Waals surface area contributed by atoms with E-state index in [1.54, 1.807) is 12.1 Å². The number of hydrogen-bond acceptors (Lipinski definition) is 4. The third-order valence-electron chi connectivity index (χ3n) is 2.50. The maximum absolute atomic E-state index is 12.1. The van der Waals surface area contributed by atoms with Crippen molar-refractivity contribution in [2.24, 2.45) is 0 Å². The number of hydrogen-bond donors (Lipinski definition) is 1. The summed E-state index contributed by atoms with van der Waals surface area (Å²) in [4.78, 5) is 11.8. The molecule has 0 aliphatic rings. The van der Waals surface area contributed by atoms with Crippen molar-refractivity contribution >= 4 is 61.3 Å². The maximum Gasteiger partial charge on any atom is 0.344 e. The molecule has 2 rings (SSSR count). The number of carbonyl (C=O) groups is 1. The van der Waals surface area contributed by atoms with Gasteiger partial charge in [0.1, 0.15) is 5.75 Å². The molecule has 0 heterocycles. The molecule has 0 aromatic heterocycles. The number of esters is 1. The van der Waals surface area contributed by atoms with Crippen molar-refractivity contribution in [3.63, 3.8) is 0 Å². The quantitative estimate of drug-likeness (QED) is 0.285. The normalized spacial score (nSPS) is 11.2. The molecular weight excluding hydrogens is 522 g/mol. The predicted octanol–water partition coefficient (Wildman–Crippen LogP) is 3.36. The lowest BCUT2D eigenvalue weighted by molar-refractivity contribution is 0.0733. The topological polar surface area (TPSA) is 80.7 Å². The number of halogens is 2. The van der Waals surface area contributed by atoms with Crippen LogP contribution in [0.15, 0.2) is 47.4 Å². The van der Waals surface area contributed by atoms with E-state index in [0.717, 1.165) is 19.3 Å². The molecule has 0 unspecified atom stereocenters. The van der Waals surface area contributed by atoms with Crippen LogP contribution in [0.3, 0.4) is 0 Å². The van der Waals surface area contributed by atoms with Gasteiger partial charge in [-0.05, 0) is 81.6 Å². The van der Waals surface area contributed by atoms with Crippen molar-refractivity contribution in [2.45, 2.75) is 4.90 Å². The summed E-state index contributed by atoms with van der Waals surface area (Å²) >= 11 is 4.18. The van der Waals surface area contributed by atoms with Gasteiger partial charge in [-0.25, -0.2) is 4.79 Å². The summed E-state index contributed by atoms with van der Waals surface area (Å²) in [5.74, 6) is -0.334. The highest BCUT2D eigenvalue weighted by Crippen LogP contribution is 2.22. The van der Waals surface area contributed by atoms with Crippen LogP contribution in [0.2, 0.25) is 0 Å². The molecule has 21 heavy (non-hydrogen) atoms. The number of ether oxygens (including phenoxy) is 1. The molecule has 0 saturated heterocycles. The molecule has 0 aliphatic carbocycles. The fraction of sp³-hybridized carbons (Fsp3) is 0. The summed E-state index contributed by atoms with van der Waals surface area (Å²) < 4.78 is 37.6. The highest BCUT2D eigenvalue weighted by atomic mass is 127. The van der Waals surface area contributed by atoms with E-state index >= 15 is 0 Å². The largest absolute Gasteiger partial charge is 0.423 e. The Morgan fingerprint density at radius 3 is 2.24 bits per heavy atom. The Bertz CT molecular complexity index is 785. The van der Waals surface area contributed by atoms with Crippen LogP contribution >= 0.6 is 45.2 Å². The molecular formula is C13H8I2O5S. The lowest BCUT2D eigenvalue weighted by Gasteiger charge is -2.07. The third-order valence-corrected chi connectivity index (χ3v) is 6.46. The van der Waals surface area contributed by atoms with Gasteiger partial charge >= 0.3 is 5.97 Å². The second-order valence-corrected chi connectivity index (χ2v) is 7.60. The monoisotopic (exact) mass is 530 g/mol. The van der Waals surface area contributed by atoms with Crippen LogP contribution in [0, 0.1) is 7.14 Å². The molecule has 0 fully saturated rings. The summed E-state index contributed by atoms with van der Waals surface area (Å²) in [5.41, 5.74) is 0.432. The first-order chi connectivity index (χ1) is 9.79. The smallest absolute Gasteiger partial charge is 0.344 e. The van der Waals surface area contributed by atoms with Gasteiger partial charge in [0.25, 0.3) is 10.1 Å². The number of carbonyl (C=O) groups excluding carboxylic acids is 1. The Kier molecular flexibility index (Phi) is 5.22. The maximum atomic E-state index is 12.1. The molecule has 0 radical (unpaired) electrons. The Morgan fingerprint density at radius 2 is 1.67 bits per heavy atom. The Hall–Kier alpha value is -0.720. The van der Waals surface area contributed by atoms with Gasteiger partial charge in [-0.15, -0.1) is 0 Å². The average Bonchev–Trinajstić information content (AvgIpc) is 2.41. The molecule has 8 heteroatoms. The van der Waals surface area contributed by atoms with Gasteiger partial charge in [-0.1, -0.05) is 6.07 Å². The summed E-state index contributed by atoms with van der Waals surface area (Å²) in [5, 5.41) is 0. The molecule has 1 N–H and O–H groups in total. The van der Waals surface area contributed by atoms with E-state index < -0.39 is 16.1 Å². The predicted molar refractivity (Wildman–Crippen MR) is 93.1 cm³/mol. The van der Waals surface area contributed by atoms with E-state index in [1.165, 1.54) is 12.1 Å². The molecule has 0 atom stereocenters. The molecule has 5 nitrogen and oxygen atoms in total. The Labute approximate surface area is 148 Å². The van der Waals surface area contributed by atoms with Gasteiger partial charge in [0.15, 0.2) is 0 Å². The average molecular weight is 530 g/mol. The van der Waals surface area contributed by atoms with E-state index in [9.17, 15) is 13.2 Å². The molecule has 0 aliphatic heterocycles. The fourth-order valence-electron chi connectivity index (χ4n) is 1.50. The highest BCUT2D eigenvalue weighted by molar-refractivity contribution is 14.1. The Balaban J connectivity index is 2.22. The van der Waals surface area contributed by atoms with Crippen LogP contribution in [-0.4, -0.2) is 18.9 Å². The van der Waals surface area contributed by atoms with Crippen LogP contribution in [0.1, 0.15) is 10.4 Å². The Morgan fingerprint density at radius 1 is 1.05 bits per heavy atom. The highest BCUT2D eigenvalue weighted by Gasteiger charge is 2.15. The molecule has 110 valence electrons. The minimum absolute atomic E-state index is 0.196. The van der Waals surface area contributed by atoms with Crippen LogP contribution in [0.5, 0.6) is 5.75 Å². The molecule has 0 amide bonds. The first-order valence-electron chi connectivity index (χ1n) is 5.53. The summed E-state index contributed by atoms with van der Waals surface area (Å²) in [6.07, 6.45) is 0. The molecule has 0 bridgehead atoms. The fourth-order valence-corrected chi connectivity index (χ4v) is 3.06. The van der Waals surface area contributed by atoms with E-state index in [0.29, 0.717) is 5.56 Å². The van der Waals surface area contributed by atoms with Gasteiger partial charge in [0, 0.05) is 7.14 Å². The van der Waals surface area contributed by atoms with E-state index in [4.69, 9.17) is 9.29 Å². The lowest BCUT2D eigenvalue weighted by atomic mass is 10.2. The zero-order valence-corrected chi connectivity index (χ0v) is 15.4. The lowest BCUT2D eigenvalue weighted by Crippen LogP contribution is -2.11. The molecule has 2 aromatic carbocycles. The van der Waals surface area contributed by atoms with Crippen molar-refractivity contribution < 1.29 is 22.5 Å². The van der Waals surface area contributed by atoms with Gasteiger partial charge in [0.05, 0.1) is 10.5 Å². The van der Waals surface area contributed by atoms with Gasteiger partial charge in [0.2, 0.25) is 0 Å². The van der Waals surface area contributed by atoms with Crippen molar-refractivity contribution in [3.05, 3.63) is 55.2 Å². The van der Waals surface area contributed by atoms with Crippen molar-refractivity contribution in [1.29, 1.82) is 0 Å². The number of rotatable bonds is 3. The summed E-state index contributed by atoms with van der Waals surface area (Å²) in [6.45, 7) is 0. The summed E-state index contributed by atoms with van der Waals surface area (Å²) in [6, 6.07) is 10.2. The SMILES string of the molecule is O=C(Oc1ccc(S(=O)(=O)O)cc1)c1cccc(I)c1I. The summed E-state index contributed by atoms with van der Waals surface area (Å²) in [7, 11) is -4.26. The molecule has 2 aromatic rings. The van der Waals surface area contributed by atoms with Crippen LogP contribution in [0.4, 0.5) is 0 Å². The van der Waals surface area contributed by atoms with Gasteiger partial charge in [-0.3, -0.25) is 4.55 Å². The first kappa shape index (κ1) is 16.6. The van der Waals surface area contributed by atoms with Crippen LogP contribution in [0.25, 0.3) is 0 Å². The van der Waals surface area contributed by atoms with Gasteiger partial charge < -0.3 is 4.74 Å². The zero-order chi connectivity index (χ0) is 15.6. The van der Waals surface area contributed by atoms with Crippen LogP contribution in [-0.2, 0) is 10.1 Å². The minimum atomic E-state index is -4.26.